The molecule has 28 heavy (non-hydrogen) atoms. The molecule has 2 aliphatic heterocycles. The van der Waals surface area contributed by atoms with Crippen LogP contribution in [0.4, 0.5) is 11.4 Å². The van der Waals surface area contributed by atoms with Gasteiger partial charge in [0.15, 0.2) is 0 Å². The lowest BCUT2D eigenvalue weighted by Gasteiger charge is -2.15. The van der Waals surface area contributed by atoms with E-state index in [9.17, 15) is 19.2 Å². The van der Waals surface area contributed by atoms with Gasteiger partial charge in [0.25, 0.3) is 23.6 Å². The van der Waals surface area contributed by atoms with E-state index in [1.54, 1.807) is 48.5 Å². The molecule has 2 heterocycles. The highest BCUT2D eigenvalue weighted by molar-refractivity contribution is 6.28. The van der Waals surface area contributed by atoms with Gasteiger partial charge < -0.3 is 4.74 Å². The molecule has 2 aromatic rings. The molecule has 2 aliphatic rings. The Balaban J connectivity index is 1.38. The van der Waals surface area contributed by atoms with E-state index in [0.29, 0.717) is 17.1 Å². The third kappa shape index (κ3) is 3.21. The van der Waals surface area contributed by atoms with E-state index in [4.69, 9.17) is 4.74 Å². The van der Waals surface area contributed by atoms with Gasteiger partial charge in [0.2, 0.25) is 0 Å². The van der Waals surface area contributed by atoms with Crippen molar-refractivity contribution in [1.82, 2.24) is 0 Å². The number of nitrogens with zero attached hydrogens (tertiary/aromatic N) is 2. The molecule has 138 valence electrons. The third-order valence-electron chi connectivity index (χ3n) is 4.31. The van der Waals surface area contributed by atoms with Crippen molar-refractivity contribution < 1.29 is 23.9 Å². The topological polar surface area (TPSA) is 84.0 Å². The summed E-state index contributed by atoms with van der Waals surface area (Å²) in [5.74, 6) is -0.889. The average Bonchev–Trinajstić information content (AvgIpc) is 3.22. The van der Waals surface area contributed by atoms with Crippen LogP contribution in [0.1, 0.15) is 5.56 Å². The lowest BCUT2D eigenvalue weighted by molar-refractivity contribution is -0.121. The van der Waals surface area contributed by atoms with Crippen molar-refractivity contribution in [3.05, 3.63) is 78.4 Å². The number of carbonyl (C=O) groups excluding carboxylic acids is 4. The Morgan fingerprint density at radius 3 is 1.39 bits per heavy atom. The van der Waals surface area contributed by atoms with Crippen LogP contribution < -0.4 is 14.5 Å². The first kappa shape index (κ1) is 17.4. The van der Waals surface area contributed by atoms with E-state index in [2.05, 4.69) is 0 Å². The van der Waals surface area contributed by atoms with E-state index in [1.165, 1.54) is 24.3 Å². The Hall–Kier alpha value is -4.00. The van der Waals surface area contributed by atoms with Crippen LogP contribution in [-0.2, 0) is 25.8 Å². The van der Waals surface area contributed by atoms with E-state index in [1.807, 2.05) is 0 Å². The standard InChI is InChI=1S/C21H14N2O5/c24-18-9-10-19(25)22(18)15-3-1-14(2-4-15)13-28-17-7-5-16(6-8-17)23-20(26)11-12-21(23)27/h1-12H,13H2. The molecule has 7 heteroatoms. The first-order valence-electron chi connectivity index (χ1n) is 8.47. The molecule has 4 amide bonds. The van der Waals surface area contributed by atoms with Gasteiger partial charge in [0.1, 0.15) is 12.4 Å². The SMILES string of the molecule is O=C1C=CC(=O)N1c1ccc(COc2ccc(N3C(=O)C=CC3=O)cc2)cc1. The monoisotopic (exact) mass is 374 g/mol. The van der Waals surface area contributed by atoms with Crippen LogP contribution in [0.5, 0.6) is 5.75 Å². The normalized spacial score (nSPS) is 15.9. The maximum Gasteiger partial charge on any atom is 0.258 e. The van der Waals surface area contributed by atoms with Crippen molar-refractivity contribution in [3.8, 4) is 5.75 Å². The second-order valence-electron chi connectivity index (χ2n) is 6.14. The molecule has 0 aromatic heterocycles. The fraction of sp³-hybridized carbons (Fsp3) is 0.0476. The van der Waals surface area contributed by atoms with Gasteiger partial charge in [0.05, 0.1) is 11.4 Å². The second-order valence-corrected chi connectivity index (χ2v) is 6.14. The molecular weight excluding hydrogens is 360 g/mol. The van der Waals surface area contributed by atoms with Crippen molar-refractivity contribution >= 4 is 35.0 Å². The molecule has 2 aromatic carbocycles. The summed E-state index contributed by atoms with van der Waals surface area (Å²) >= 11 is 0. The molecule has 0 saturated carbocycles. The summed E-state index contributed by atoms with van der Waals surface area (Å²) in [4.78, 5) is 48.9. The Morgan fingerprint density at radius 2 is 0.964 bits per heavy atom. The van der Waals surface area contributed by atoms with Crippen LogP contribution in [0, 0.1) is 0 Å². The minimum absolute atomic E-state index is 0.281. The van der Waals surface area contributed by atoms with Crippen LogP contribution in [0.15, 0.2) is 72.8 Å². The van der Waals surface area contributed by atoms with Crippen molar-refractivity contribution in [2.45, 2.75) is 6.61 Å². The third-order valence-corrected chi connectivity index (χ3v) is 4.31. The molecular formula is C21H14N2O5. The van der Waals surface area contributed by atoms with Gasteiger partial charge in [-0.25, -0.2) is 9.80 Å². The maximum atomic E-state index is 11.7. The number of ether oxygens (including phenoxy) is 1. The number of rotatable bonds is 5. The number of imide groups is 2. The van der Waals surface area contributed by atoms with Crippen LogP contribution in [0.3, 0.4) is 0 Å². The number of carbonyl (C=O) groups is 4. The second kappa shape index (κ2) is 6.96. The Labute approximate surface area is 160 Å². The summed E-state index contributed by atoms with van der Waals surface area (Å²) in [7, 11) is 0. The largest absolute Gasteiger partial charge is 0.489 e. The maximum absolute atomic E-state index is 11.7. The zero-order chi connectivity index (χ0) is 19.7. The van der Waals surface area contributed by atoms with Gasteiger partial charge in [-0.05, 0) is 42.0 Å². The molecule has 0 spiro atoms. The van der Waals surface area contributed by atoms with Gasteiger partial charge in [-0.2, -0.15) is 0 Å². The predicted molar refractivity (Wildman–Crippen MR) is 100 cm³/mol. The zero-order valence-corrected chi connectivity index (χ0v) is 14.6. The predicted octanol–water partition coefficient (Wildman–Crippen LogP) is 2.12. The first-order valence-corrected chi connectivity index (χ1v) is 8.47. The number of hydrogen-bond acceptors (Lipinski definition) is 5. The van der Waals surface area contributed by atoms with E-state index in [-0.39, 0.29) is 30.2 Å². The van der Waals surface area contributed by atoms with Crippen LogP contribution in [0.25, 0.3) is 0 Å². The van der Waals surface area contributed by atoms with Crippen molar-refractivity contribution in [2.24, 2.45) is 0 Å². The van der Waals surface area contributed by atoms with E-state index >= 15 is 0 Å². The lowest BCUT2D eigenvalue weighted by atomic mass is 10.2. The molecule has 4 rings (SSSR count). The first-order chi connectivity index (χ1) is 13.5. The molecule has 0 radical (unpaired) electrons. The lowest BCUT2D eigenvalue weighted by Crippen LogP contribution is -2.29. The Bertz CT molecular complexity index is 914. The molecule has 0 atom stereocenters. The van der Waals surface area contributed by atoms with Crippen LogP contribution in [-0.4, -0.2) is 23.6 Å². The summed E-state index contributed by atoms with van der Waals surface area (Å²) in [6.45, 7) is 0.281. The van der Waals surface area contributed by atoms with Gasteiger partial charge in [-0.1, -0.05) is 12.1 Å². The molecule has 0 unspecified atom stereocenters. The molecule has 0 bridgehead atoms. The molecule has 0 aliphatic carbocycles. The number of anilines is 2. The minimum atomic E-state index is -0.371. The summed E-state index contributed by atoms with van der Waals surface area (Å²) in [6, 6.07) is 13.5. The quantitative estimate of drug-likeness (QED) is 0.749. The number of benzene rings is 2. The fourth-order valence-electron chi connectivity index (χ4n) is 2.91. The van der Waals surface area contributed by atoms with Crippen molar-refractivity contribution in [3.63, 3.8) is 0 Å². The smallest absolute Gasteiger partial charge is 0.258 e. The molecule has 0 N–H and O–H groups in total. The highest BCUT2D eigenvalue weighted by Crippen LogP contribution is 2.24. The van der Waals surface area contributed by atoms with Gasteiger partial charge in [-0.3, -0.25) is 19.2 Å². The van der Waals surface area contributed by atoms with Crippen molar-refractivity contribution in [2.75, 3.05) is 9.80 Å². The summed E-state index contributed by atoms with van der Waals surface area (Å²) in [5.41, 5.74) is 1.83. The average molecular weight is 374 g/mol. The highest BCUT2D eigenvalue weighted by Gasteiger charge is 2.25. The van der Waals surface area contributed by atoms with Gasteiger partial charge in [0, 0.05) is 24.3 Å². The summed E-state index contributed by atoms with van der Waals surface area (Å²) in [5, 5.41) is 0. The number of hydrogen-bond donors (Lipinski definition) is 0. The Morgan fingerprint density at radius 1 is 0.571 bits per heavy atom. The summed E-state index contributed by atoms with van der Waals surface area (Å²) in [6.07, 6.45) is 4.94. The fourth-order valence-corrected chi connectivity index (χ4v) is 2.91. The Kier molecular flexibility index (Phi) is 4.33. The van der Waals surface area contributed by atoms with Gasteiger partial charge in [-0.15, -0.1) is 0 Å². The zero-order valence-electron chi connectivity index (χ0n) is 14.6. The minimum Gasteiger partial charge on any atom is -0.489 e. The number of amides is 4. The van der Waals surface area contributed by atoms with Crippen LogP contribution >= 0.6 is 0 Å². The molecule has 0 saturated heterocycles. The van der Waals surface area contributed by atoms with Crippen LogP contribution in [0.2, 0.25) is 0 Å². The van der Waals surface area contributed by atoms with E-state index < -0.39 is 0 Å². The van der Waals surface area contributed by atoms with Gasteiger partial charge >= 0.3 is 0 Å². The highest BCUT2D eigenvalue weighted by atomic mass is 16.5. The van der Waals surface area contributed by atoms with Crippen molar-refractivity contribution in [1.29, 1.82) is 0 Å². The molecule has 0 fully saturated rings. The van der Waals surface area contributed by atoms with E-state index in [0.717, 1.165) is 15.4 Å². The molecule has 7 nitrogen and oxygen atoms in total. The summed E-state index contributed by atoms with van der Waals surface area (Å²) < 4.78 is 5.71.